The molecule has 1 aromatic rings. The lowest BCUT2D eigenvalue weighted by atomic mass is 10.4. The van der Waals surface area contributed by atoms with Crippen molar-refractivity contribution in [3.63, 3.8) is 0 Å². The number of hydrogen-bond donors (Lipinski definition) is 0. The fourth-order valence-electron chi connectivity index (χ4n) is 0.577. The standard InChI is InChI=1S/C9H5IN.CHF3O3S/c11-8-4-7-10-9-5-2-1-3-6-9;2-1(3,4)8(5,6)7/h1-3,5-6H;(H,5,6,7)/q+1;/p-1. The third-order valence-electron chi connectivity index (χ3n) is 1.28. The van der Waals surface area contributed by atoms with Gasteiger partial charge in [-0.2, -0.15) is 18.4 Å². The number of nitriles is 1. The van der Waals surface area contributed by atoms with Crippen molar-refractivity contribution in [3.8, 4) is 15.9 Å². The Morgan fingerprint density at radius 3 is 2.05 bits per heavy atom. The molecule has 1 rings (SSSR count). The van der Waals surface area contributed by atoms with Gasteiger partial charge in [0.25, 0.3) is 0 Å². The van der Waals surface area contributed by atoms with Crippen LogP contribution in [0.25, 0.3) is 0 Å². The second-order valence-corrected chi connectivity index (χ2v) is 6.32. The molecule has 0 fully saturated rings. The summed E-state index contributed by atoms with van der Waals surface area (Å²) < 4.78 is 63.0. The van der Waals surface area contributed by atoms with Crippen molar-refractivity contribution >= 4 is 10.1 Å². The zero-order valence-electron chi connectivity index (χ0n) is 8.98. The molecule has 0 aromatic heterocycles. The normalized spacial score (nSPS) is 10.3. The molecule has 19 heavy (non-hydrogen) atoms. The molecular formula is C10H5F3INO3S. The molecule has 4 nitrogen and oxygen atoms in total. The maximum Gasteiger partial charge on any atom is 0.485 e. The summed E-state index contributed by atoms with van der Waals surface area (Å²) in [5, 5.41) is 8.14. The first kappa shape index (κ1) is 17.7. The Hall–Kier alpha value is -1.30. The van der Waals surface area contributed by atoms with Crippen LogP contribution in [0.5, 0.6) is 0 Å². The summed E-state index contributed by atoms with van der Waals surface area (Å²) in [7, 11) is -6.09. The fraction of sp³-hybridized carbons (Fsp3) is 0.100. The van der Waals surface area contributed by atoms with Gasteiger partial charge in [0.1, 0.15) is 0 Å². The molecule has 0 spiro atoms. The largest absolute Gasteiger partial charge is 0.741 e. The highest BCUT2D eigenvalue weighted by Gasteiger charge is 2.36. The highest BCUT2D eigenvalue weighted by molar-refractivity contribution is 7.86. The Labute approximate surface area is 118 Å². The van der Waals surface area contributed by atoms with Gasteiger partial charge in [0.15, 0.2) is 16.2 Å². The third-order valence-corrected chi connectivity index (χ3v) is 3.72. The lowest BCUT2D eigenvalue weighted by Gasteiger charge is -2.08. The summed E-state index contributed by atoms with van der Waals surface area (Å²) in [5.41, 5.74) is -5.65. The molecule has 0 bridgehead atoms. The van der Waals surface area contributed by atoms with E-state index >= 15 is 0 Å². The van der Waals surface area contributed by atoms with E-state index in [1.807, 2.05) is 30.3 Å². The van der Waals surface area contributed by atoms with Gasteiger partial charge in [-0.25, -0.2) is 8.42 Å². The minimum atomic E-state index is -6.09. The molecule has 0 unspecified atom stereocenters. The van der Waals surface area contributed by atoms with Crippen LogP contribution in [0.4, 0.5) is 13.2 Å². The van der Waals surface area contributed by atoms with Crippen molar-refractivity contribution in [2.75, 3.05) is 0 Å². The van der Waals surface area contributed by atoms with Crippen LogP contribution >= 0.6 is 0 Å². The molecule has 0 N–H and O–H groups in total. The Bertz CT molecular complexity index is 597. The van der Waals surface area contributed by atoms with Gasteiger partial charge >= 0.3 is 26.7 Å². The molecule has 102 valence electrons. The molecule has 0 aliphatic heterocycles. The first-order valence-electron chi connectivity index (χ1n) is 4.28. The van der Waals surface area contributed by atoms with Crippen LogP contribution in [0.2, 0.25) is 0 Å². The summed E-state index contributed by atoms with van der Waals surface area (Å²) in [4.78, 5) is 0. The second kappa shape index (κ2) is 7.99. The fourth-order valence-corrected chi connectivity index (χ4v) is 1.92. The average molecular weight is 403 g/mol. The summed E-state index contributed by atoms with van der Waals surface area (Å²) >= 11 is -0.263. The van der Waals surface area contributed by atoms with E-state index in [-0.39, 0.29) is 21.2 Å². The SMILES string of the molecule is N#CC#C[I+]c1ccccc1.O=S(=O)([O-])C(F)(F)F. The Morgan fingerprint density at radius 2 is 1.68 bits per heavy atom. The van der Waals surface area contributed by atoms with E-state index in [1.54, 1.807) is 6.07 Å². The zero-order valence-corrected chi connectivity index (χ0v) is 12.0. The maximum atomic E-state index is 10.7. The summed E-state index contributed by atoms with van der Waals surface area (Å²) in [6, 6.07) is 11.8. The molecule has 0 radical (unpaired) electrons. The van der Waals surface area contributed by atoms with Gasteiger partial charge in [-0.15, -0.1) is 0 Å². The van der Waals surface area contributed by atoms with E-state index in [0.29, 0.717) is 0 Å². The summed E-state index contributed by atoms with van der Waals surface area (Å²) in [6.07, 6.45) is 0. The second-order valence-electron chi connectivity index (χ2n) is 2.62. The van der Waals surface area contributed by atoms with E-state index in [2.05, 4.69) is 9.85 Å². The van der Waals surface area contributed by atoms with Crippen LogP contribution in [-0.2, 0) is 10.1 Å². The predicted octanol–water partition coefficient (Wildman–Crippen LogP) is -1.52. The van der Waals surface area contributed by atoms with Gasteiger partial charge in [-0.3, -0.25) is 0 Å². The molecule has 0 atom stereocenters. The molecule has 0 aliphatic rings. The maximum absolute atomic E-state index is 10.7. The number of rotatable bonds is 1. The zero-order chi connectivity index (χ0) is 14.9. The van der Waals surface area contributed by atoms with Crippen molar-refractivity contribution in [1.29, 1.82) is 5.26 Å². The number of benzene rings is 1. The van der Waals surface area contributed by atoms with Gasteiger partial charge in [-0.05, 0) is 12.1 Å². The Balaban J connectivity index is 0.000000362. The van der Waals surface area contributed by atoms with Crippen molar-refractivity contribution in [2.24, 2.45) is 0 Å². The minimum Gasteiger partial charge on any atom is -0.741 e. The summed E-state index contributed by atoms with van der Waals surface area (Å²) in [6.45, 7) is 0. The Morgan fingerprint density at radius 1 is 1.21 bits per heavy atom. The topological polar surface area (TPSA) is 81.0 Å². The number of alkyl halides is 3. The van der Waals surface area contributed by atoms with E-state index < -0.39 is 15.6 Å². The number of halogens is 4. The van der Waals surface area contributed by atoms with Gasteiger partial charge in [0, 0.05) is 0 Å². The third kappa shape index (κ3) is 8.42. The lowest BCUT2D eigenvalue weighted by Crippen LogP contribution is -3.59. The van der Waals surface area contributed by atoms with Crippen LogP contribution in [0.15, 0.2) is 30.3 Å². The minimum absolute atomic E-state index is 0.263. The predicted molar refractivity (Wildman–Crippen MR) is 54.3 cm³/mol. The summed E-state index contributed by atoms with van der Waals surface area (Å²) in [5.74, 6) is 2.40. The van der Waals surface area contributed by atoms with E-state index in [4.69, 9.17) is 18.2 Å². The van der Waals surface area contributed by atoms with E-state index in [0.717, 1.165) is 0 Å². The molecule has 9 heteroatoms. The highest BCUT2D eigenvalue weighted by atomic mass is 127. The van der Waals surface area contributed by atoms with Crippen molar-refractivity contribution in [2.45, 2.75) is 5.51 Å². The van der Waals surface area contributed by atoms with Crippen molar-refractivity contribution in [3.05, 3.63) is 33.9 Å². The van der Waals surface area contributed by atoms with Crippen LogP contribution in [0.1, 0.15) is 0 Å². The number of nitrogens with zero attached hydrogens (tertiary/aromatic N) is 1. The van der Waals surface area contributed by atoms with Crippen LogP contribution in [0.3, 0.4) is 0 Å². The monoisotopic (exact) mass is 403 g/mol. The van der Waals surface area contributed by atoms with Crippen molar-refractivity contribution in [1.82, 2.24) is 0 Å². The average Bonchev–Trinajstić information content (AvgIpc) is 2.29. The molecule has 0 saturated heterocycles. The van der Waals surface area contributed by atoms with Gasteiger partial charge in [0.2, 0.25) is 7.50 Å². The molecule has 0 heterocycles. The van der Waals surface area contributed by atoms with Crippen LogP contribution in [0, 0.1) is 24.7 Å². The molecular weight excluding hydrogens is 398 g/mol. The molecule has 0 saturated carbocycles. The Kier molecular flexibility index (Phi) is 7.44. The number of hydrogen-bond acceptors (Lipinski definition) is 4. The van der Waals surface area contributed by atoms with Gasteiger partial charge in [0.05, 0.1) is 5.92 Å². The highest BCUT2D eigenvalue weighted by Crippen LogP contribution is 2.20. The molecule has 0 aliphatic carbocycles. The van der Waals surface area contributed by atoms with Crippen molar-refractivity contribution < 1.29 is 47.3 Å². The molecule has 0 amide bonds. The van der Waals surface area contributed by atoms with Gasteiger partial charge in [-0.1, -0.05) is 18.2 Å². The van der Waals surface area contributed by atoms with E-state index in [9.17, 15) is 13.2 Å². The first-order valence-corrected chi connectivity index (χ1v) is 7.85. The first-order chi connectivity index (χ1) is 8.68. The van der Waals surface area contributed by atoms with Crippen LogP contribution in [-0.4, -0.2) is 18.5 Å². The quantitative estimate of drug-likeness (QED) is 0.247. The molecule has 1 aromatic carbocycles. The lowest BCUT2D eigenvalue weighted by molar-refractivity contribution is -0.535. The van der Waals surface area contributed by atoms with Gasteiger partial charge < -0.3 is 4.55 Å². The van der Waals surface area contributed by atoms with Crippen LogP contribution < -0.4 is 21.2 Å². The van der Waals surface area contributed by atoms with E-state index in [1.165, 1.54) is 3.57 Å². The smallest absolute Gasteiger partial charge is 0.485 e.